The lowest BCUT2D eigenvalue weighted by atomic mass is 9.92. The molecule has 1 fully saturated rings. The molecular weight excluding hydrogens is 228 g/mol. The molecule has 2 atom stereocenters. The van der Waals surface area contributed by atoms with Crippen molar-refractivity contribution in [3.8, 4) is 0 Å². The number of nitrogens with zero attached hydrogens (tertiary/aromatic N) is 3. The average Bonchev–Trinajstić information content (AvgIpc) is 2.80. The third kappa shape index (κ3) is 3.09. The van der Waals surface area contributed by atoms with Crippen LogP contribution in [0.5, 0.6) is 0 Å². The van der Waals surface area contributed by atoms with Gasteiger partial charge in [0.05, 0.1) is 6.61 Å². The van der Waals surface area contributed by atoms with Gasteiger partial charge in [0, 0.05) is 31.0 Å². The summed E-state index contributed by atoms with van der Waals surface area (Å²) < 4.78 is 7.62. The second-order valence-electron chi connectivity index (χ2n) is 5.21. The highest BCUT2D eigenvalue weighted by molar-refractivity contribution is 4.93. The zero-order valence-corrected chi connectivity index (χ0v) is 11.6. The molecule has 2 heterocycles. The van der Waals surface area contributed by atoms with E-state index < -0.39 is 0 Å². The molecule has 1 N–H and O–H groups in total. The van der Waals surface area contributed by atoms with E-state index in [4.69, 9.17) is 4.74 Å². The lowest BCUT2D eigenvalue weighted by Crippen LogP contribution is -2.44. The number of rotatable bonds is 5. The molecule has 1 aromatic rings. The largest absolute Gasteiger partial charge is 0.381 e. The molecule has 0 radical (unpaired) electrons. The van der Waals surface area contributed by atoms with E-state index in [2.05, 4.69) is 36.2 Å². The van der Waals surface area contributed by atoms with Gasteiger partial charge in [-0.3, -0.25) is 0 Å². The number of hydrogen-bond donors (Lipinski definition) is 1. The summed E-state index contributed by atoms with van der Waals surface area (Å²) in [6.45, 7) is 9.13. The molecule has 2 rings (SSSR count). The highest BCUT2D eigenvalue weighted by Crippen LogP contribution is 2.20. The first-order valence-electron chi connectivity index (χ1n) is 6.91. The average molecular weight is 252 g/mol. The lowest BCUT2D eigenvalue weighted by molar-refractivity contribution is 0.0314. The Hall–Kier alpha value is -0.940. The van der Waals surface area contributed by atoms with E-state index in [-0.39, 0.29) is 0 Å². The molecule has 1 aliphatic heterocycles. The van der Waals surface area contributed by atoms with Gasteiger partial charge in [-0.15, -0.1) is 0 Å². The Labute approximate surface area is 109 Å². The normalized spacial score (nSPS) is 24.7. The topological polar surface area (TPSA) is 52.0 Å². The molecule has 0 aromatic carbocycles. The molecule has 0 amide bonds. The number of ether oxygens (including phenoxy) is 1. The first-order valence-corrected chi connectivity index (χ1v) is 6.91. The van der Waals surface area contributed by atoms with Crippen molar-refractivity contribution >= 4 is 0 Å². The summed E-state index contributed by atoms with van der Waals surface area (Å²) in [5, 5.41) is 7.85. The van der Waals surface area contributed by atoms with E-state index >= 15 is 0 Å². The summed E-state index contributed by atoms with van der Waals surface area (Å²) >= 11 is 0. The predicted octanol–water partition coefficient (Wildman–Crippen LogP) is 1.42. The van der Waals surface area contributed by atoms with Crippen LogP contribution in [-0.4, -0.2) is 40.6 Å². The minimum Gasteiger partial charge on any atom is -0.381 e. The van der Waals surface area contributed by atoms with Crippen LogP contribution >= 0.6 is 0 Å². The molecule has 0 spiro atoms. The highest BCUT2D eigenvalue weighted by atomic mass is 16.5. The number of nitrogens with one attached hydrogen (secondary N) is 1. The second kappa shape index (κ2) is 6.29. The summed E-state index contributed by atoms with van der Waals surface area (Å²) in [5.74, 6) is 1.57. The van der Waals surface area contributed by atoms with Gasteiger partial charge in [0.1, 0.15) is 12.2 Å². The van der Waals surface area contributed by atoms with Gasteiger partial charge in [-0.25, -0.2) is 9.67 Å². The maximum Gasteiger partial charge on any atom is 0.138 e. The van der Waals surface area contributed by atoms with Gasteiger partial charge in [0.2, 0.25) is 0 Å². The molecule has 1 aliphatic rings. The molecule has 0 bridgehead atoms. The quantitative estimate of drug-likeness (QED) is 0.861. The smallest absolute Gasteiger partial charge is 0.138 e. The highest BCUT2D eigenvalue weighted by Gasteiger charge is 2.27. The molecule has 0 aliphatic carbocycles. The third-order valence-electron chi connectivity index (χ3n) is 3.52. The minimum absolute atomic E-state index is 0.365. The molecule has 1 aromatic heterocycles. The van der Waals surface area contributed by atoms with E-state index in [9.17, 15) is 0 Å². The van der Waals surface area contributed by atoms with Crippen molar-refractivity contribution in [1.29, 1.82) is 0 Å². The van der Waals surface area contributed by atoms with E-state index in [0.717, 1.165) is 38.4 Å². The summed E-state index contributed by atoms with van der Waals surface area (Å²) in [5.41, 5.74) is 0. The Kier molecular flexibility index (Phi) is 4.72. The fraction of sp³-hybridized carbons (Fsp3) is 0.846. The van der Waals surface area contributed by atoms with Crippen LogP contribution in [0.4, 0.5) is 0 Å². The van der Waals surface area contributed by atoms with Crippen LogP contribution in [0.25, 0.3) is 0 Å². The monoisotopic (exact) mass is 252 g/mol. The fourth-order valence-electron chi connectivity index (χ4n) is 2.61. The second-order valence-corrected chi connectivity index (χ2v) is 5.21. The predicted molar refractivity (Wildman–Crippen MR) is 70.5 cm³/mol. The van der Waals surface area contributed by atoms with Gasteiger partial charge in [-0.2, -0.15) is 5.10 Å². The summed E-state index contributed by atoms with van der Waals surface area (Å²) in [4.78, 5) is 4.39. The Morgan fingerprint density at radius 2 is 2.39 bits per heavy atom. The summed E-state index contributed by atoms with van der Waals surface area (Å²) in [6, 6.07) is 0.908. The Bertz CT molecular complexity index is 362. The zero-order chi connectivity index (χ0) is 13.0. The van der Waals surface area contributed by atoms with Crippen LogP contribution < -0.4 is 5.32 Å². The van der Waals surface area contributed by atoms with Crippen LogP contribution in [0.2, 0.25) is 0 Å². The Morgan fingerprint density at radius 1 is 1.56 bits per heavy atom. The molecular formula is C13H24N4O. The van der Waals surface area contributed by atoms with Crippen molar-refractivity contribution in [2.45, 2.75) is 45.7 Å². The van der Waals surface area contributed by atoms with Crippen molar-refractivity contribution in [1.82, 2.24) is 20.1 Å². The summed E-state index contributed by atoms with van der Waals surface area (Å²) in [7, 11) is 0. The van der Waals surface area contributed by atoms with E-state index in [0.29, 0.717) is 18.0 Å². The van der Waals surface area contributed by atoms with Crippen molar-refractivity contribution in [2.75, 3.05) is 19.8 Å². The number of hydrogen-bond acceptors (Lipinski definition) is 4. The maximum absolute atomic E-state index is 5.61. The van der Waals surface area contributed by atoms with E-state index in [1.54, 1.807) is 6.33 Å². The minimum atomic E-state index is 0.365. The number of aromatic nitrogens is 3. The first-order chi connectivity index (χ1) is 8.72. The van der Waals surface area contributed by atoms with Gasteiger partial charge in [0.25, 0.3) is 0 Å². The van der Waals surface area contributed by atoms with Crippen LogP contribution in [0.1, 0.15) is 39.1 Å². The van der Waals surface area contributed by atoms with Gasteiger partial charge in [-0.05, 0) is 26.8 Å². The molecule has 1 saturated heterocycles. The fourth-order valence-corrected chi connectivity index (χ4v) is 2.61. The maximum atomic E-state index is 5.61. The van der Waals surface area contributed by atoms with Crippen molar-refractivity contribution in [2.24, 2.45) is 5.92 Å². The van der Waals surface area contributed by atoms with Crippen molar-refractivity contribution in [3.63, 3.8) is 0 Å². The standard InChI is InChI=1S/C13H24N4O/c1-4-14-12-5-6-18-8-11(12)7-13-15-9-16-17(13)10(2)3/h9-12,14H,4-8H2,1-3H3. The lowest BCUT2D eigenvalue weighted by Gasteiger charge is -2.32. The van der Waals surface area contributed by atoms with Gasteiger partial charge in [0.15, 0.2) is 0 Å². The zero-order valence-electron chi connectivity index (χ0n) is 11.6. The molecule has 0 saturated carbocycles. The van der Waals surface area contributed by atoms with Gasteiger partial charge in [-0.1, -0.05) is 6.92 Å². The van der Waals surface area contributed by atoms with Crippen LogP contribution in [0.3, 0.4) is 0 Å². The van der Waals surface area contributed by atoms with Crippen molar-refractivity contribution in [3.05, 3.63) is 12.2 Å². The molecule has 102 valence electrons. The Morgan fingerprint density at radius 3 is 3.11 bits per heavy atom. The molecule has 5 nitrogen and oxygen atoms in total. The summed E-state index contributed by atoms with van der Waals surface area (Å²) in [6.07, 6.45) is 3.69. The van der Waals surface area contributed by atoms with E-state index in [1.807, 2.05) is 4.68 Å². The first kappa shape index (κ1) is 13.5. The Balaban J connectivity index is 2.03. The third-order valence-corrected chi connectivity index (χ3v) is 3.52. The molecule has 18 heavy (non-hydrogen) atoms. The van der Waals surface area contributed by atoms with E-state index in [1.165, 1.54) is 0 Å². The molecule has 5 heteroatoms. The van der Waals surface area contributed by atoms with Crippen LogP contribution in [0.15, 0.2) is 6.33 Å². The molecule has 2 unspecified atom stereocenters. The van der Waals surface area contributed by atoms with Crippen molar-refractivity contribution < 1.29 is 4.74 Å². The van der Waals surface area contributed by atoms with Crippen LogP contribution in [0, 0.1) is 5.92 Å². The van der Waals surface area contributed by atoms with Crippen LogP contribution in [-0.2, 0) is 11.2 Å². The van der Waals surface area contributed by atoms with Gasteiger partial charge < -0.3 is 10.1 Å². The van der Waals surface area contributed by atoms with Gasteiger partial charge >= 0.3 is 0 Å². The SMILES string of the molecule is CCNC1CCOCC1Cc1ncnn1C(C)C.